The van der Waals surface area contributed by atoms with Gasteiger partial charge in [-0.1, -0.05) is 0 Å². The summed E-state index contributed by atoms with van der Waals surface area (Å²) >= 11 is 3.51. The first-order valence-electron chi connectivity index (χ1n) is 8.88. The molecule has 3 aromatic rings. The van der Waals surface area contributed by atoms with Crippen LogP contribution in [0.2, 0.25) is 0 Å². The third kappa shape index (κ3) is 2.52. The van der Waals surface area contributed by atoms with Gasteiger partial charge in [-0.05, 0) is 34.1 Å². The molecule has 28 heavy (non-hydrogen) atoms. The fraction of sp³-hybridized carbons (Fsp3) is 0.389. The van der Waals surface area contributed by atoms with Crippen LogP contribution in [0.1, 0.15) is 0 Å². The maximum atomic E-state index is 10.8. The minimum absolute atomic E-state index is 0.252. The normalized spacial score (nSPS) is 26.8. The molecule has 0 aliphatic carbocycles. The summed E-state index contributed by atoms with van der Waals surface area (Å²) in [6, 6.07) is 5.69. The average Bonchev–Trinajstić information content (AvgIpc) is 3.31. The van der Waals surface area contributed by atoms with E-state index in [9.17, 15) is 10.2 Å². The summed E-state index contributed by atoms with van der Waals surface area (Å²) in [6.45, 7) is 1.18. The molecule has 2 fully saturated rings. The molecule has 0 radical (unpaired) electrons. The van der Waals surface area contributed by atoms with Crippen LogP contribution in [0.3, 0.4) is 0 Å². The van der Waals surface area contributed by atoms with Gasteiger partial charge in [-0.15, -0.1) is 0 Å². The second kappa shape index (κ2) is 6.11. The Morgan fingerprint density at radius 3 is 2.61 bits per heavy atom. The summed E-state index contributed by atoms with van der Waals surface area (Å²) < 4.78 is 6.11. The van der Waals surface area contributed by atoms with Crippen molar-refractivity contribution in [2.75, 3.05) is 38.2 Å². The van der Waals surface area contributed by atoms with E-state index in [4.69, 9.17) is 9.72 Å². The summed E-state index contributed by atoms with van der Waals surface area (Å²) in [4.78, 5) is 18.5. The number of benzene rings is 1. The standard InChI is InChI=1S/C18H19BrN6O3/c1-28-12-3-2-10(4-11(12)19)13-14-15(22-9-21-14)24-16(23-13)25-7-17(26)5-20-6-18(17,27)8-25/h2-4,9,20,26-27H,5-8H2,1H3,(H,21,22,23,24). The molecule has 2 unspecified atom stereocenters. The van der Waals surface area contributed by atoms with E-state index >= 15 is 0 Å². The zero-order valence-electron chi connectivity index (χ0n) is 15.1. The highest BCUT2D eigenvalue weighted by molar-refractivity contribution is 9.10. The molecule has 0 spiro atoms. The van der Waals surface area contributed by atoms with E-state index < -0.39 is 11.2 Å². The van der Waals surface area contributed by atoms with Gasteiger partial charge in [-0.2, -0.15) is 4.98 Å². The Kier molecular flexibility index (Phi) is 3.89. The fourth-order valence-electron chi connectivity index (χ4n) is 4.02. The molecule has 0 saturated carbocycles. The number of anilines is 1. The van der Waals surface area contributed by atoms with Crippen LogP contribution in [0.15, 0.2) is 29.0 Å². The number of aromatic nitrogens is 4. The highest BCUT2D eigenvalue weighted by Gasteiger charge is 2.60. The van der Waals surface area contributed by atoms with Crippen LogP contribution in [0.25, 0.3) is 22.4 Å². The van der Waals surface area contributed by atoms with E-state index in [2.05, 4.69) is 36.2 Å². The van der Waals surface area contributed by atoms with Crippen molar-refractivity contribution in [1.82, 2.24) is 25.3 Å². The van der Waals surface area contributed by atoms with Crippen LogP contribution in [-0.2, 0) is 0 Å². The first-order chi connectivity index (χ1) is 13.4. The molecule has 5 rings (SSSR count). The molecule has 9 nitrogen and oxygen atoms in total. The quantitative estimate of drug-likeness (QED) is 0.463. The zero-order chi connectivity index (χ0) is 19.5. The molecule has 1 aromatic carbocycles. The number of H-pyrrole nitrogens is 1. The summed E-state index contributed by atoms with van der Waals surface area (Å²) in [6.07, 6.45) is 1.58. The number of aromatic amines is 1. The van der Waals surface area contributed by atoms with Crippen molar-refractivity contribution in [2.45, 2.75) is 11.2 Å². The summed E-state index contributed by atoms with van der Waals surface area (Å²) in [5.74, 6) is 1.16. The Hall–Kier alpha value is -2.27. The number of halogens is 1. The molecular weight excluding hydrogens is 428 g/mol. The number of aliphatic hydroxyl groups is 2. The van der Waals surface area contributed by atoms with Gasteiger partial charge >= 0.3 is 0 Å². The monoisotopic (exact) mass is 446 g/mol. The Labute approximate surface area is 168 Å². The number of β-amino-alcohol motifs (C(OH)–C–C–N with tert-alkyl or cyclic N) is 2. The van der Waals surface area contributed by atoms with Crippen molar-refractivity contribution in [2.24, 2.45) is 0 Å². The average molecular weight is 447 g/mol. The molecule has 4 heterocycles. The van der Waals surface area contributed by atoms with Gasteiger partial charge in [0.25, 0.3) is 0 Å². The Balaban J connectivity index is 1.60. The van der Waals surface area contributed by atoms with Crippen LogP contribution >= 0.6 is 15.9 Å². The number of hydrogen-bond acceptors (Lipinski definition) is 8. The van der Waals surface area contributed by atoms with Crippen LogP contribution in [0.4, 0.5) is 5.95 Å². The molecule has 2 aliphatic rings. The first-order valence-corrected chi connectivity index (χ1v) is 9.67. The summed E-state index contributed by atoms with van der Waals surface area (Å²) in [5.41, 5.74) is 0.330. The maximum absolute atomic E-state index is 10.8. The molecule has 2 aromatic heterocycles. The molecule has 4 N–H and O–H groups in total. The van der Waals surface area contributed by atoms with E-state index in [0.717, 1.165) is 15.8 Å². The van der Waals surface area contributed by atoms with Crippen molar-refractivity contribution in [3.8, 4) is 17.0 Å². The predicted molar refractivity (Wildman–Crippen MR) is 106 cm³/mol. The third-order valence-electron chi connectivity index (χ3n) is 5.58. The smallest absolute Gasteiger partial charge is 0.228 e. The Bertz CT molecular complexity index is 1060. The van der Waals surface area contributed by atoms with Gasteiger partial charge < -0.3 is 30.2 Å². The van der Waals surface area contributed by atoms with Crippen molar-refractivity contribution in [3.05, 3.63) is 29.0 Å². The van der Waals surface area contributed by atoms with Crippen LogP contribution in [0, 0.1) is 0 Å². The van der Waals surface area contributed by atoms with Crippen LogP contribution in [0.5, 0.6) is 5.75 Å². The molecular formula is C18H19BrN6O3. The van der Waals surface area contributed by atoms with Gasteiger partial charge in [0, 0.05) is 18.7 Å². The number of rotatable bonds is 3. The molecule has 0 amide bonds. The second-order valence-electron chi connectivity index (χ2n) is 7.34. The summed E-state index contributed by atoms with van der Waals surface area (Å²) in [7, 11) is 1.61. The number of ether oxygens (including phenoxy) is 1. The third-order valence-corrected chi connectivity index (χ3v) is 6.20. The molecule has 0 bridgehead atoms. The van der Waals surface area contributed by atoms with Gasteiger partial charge in [0.05, 0.1) is 31.0 Å². The van der Waals surface area contributed by atoms with E-state index in [1.807, 2.05) is 23.1 Å². The van der Waals surface area contributed by atoms with E-state index in [1.165, 1.54) is 0 Å². The van der Waals surface area contributed by atoms with Crippen LogP contribution in [-0.4, -0.2) is 74.6 Å². The van der Waals surface area contributed by atoms with Crippen molar-refractivity contribution >= 4 is 33.0 Å². The number of fused-ring (bicyclic) bond motifs is 2. The molecule has 10 heteroatoms. The van der Waals surface area contributed by atoms with Crippen molar-refractivity contribution in [1.29, 1.82) is 0 Å². The molecule has 146 valence electrons. The Morgan fingerprint density at radius 1 is 1.18 bits per heavy atom. The highest BCUT2D eigenvalue weighted by Crippen LogP contribution is 2.38. The lowest BCUT2D eigenvalue weighted by Crippen LogP contribution is -2.52. The lowest BCUT2D eigenvalue weighted by molar-refractivity contribution is -0.0797. The first kappa shape index (κ1) is 17.8. The van der Waals surface area contributed by atoms with E-state index in [0.29, 0.717) is 35.9 Å². The van der Waals surface area contributed by atoms with Gasteiger partial charge in [0.2, 0.25) is 5.95 Å². The number of nitrogens with zero attached hydrogens (tertiary/aromatic N) is 4. The molecule has 2 saturated heterocycles. The van der Waals surface area contributed by atoms with Crippen LogP contribution < -0.4 is 15.0 Å². The number of imidazole rings is 1. The largest absolute Gasteiger partial charge is 0.496 e. The lowest BCUT2D eigenvalue weighted by Gasteiger charge is -2.27. The zero-order valence-corrected chi connectivity index (χ0v) is 16.7. The van der Waals surface area contributed by atoms with Gasteiger partial charge in [-0.3, -0.25) is 0 Å². The maximum Gasteiger partial charge on any atom is 0.228 e. The van der Waals surface area contributed by atoms with E-state index in [-0.39, 0.29) is 13.1 Å². The molecule has 2 aliphatic heterocycles. The minimum atomic E-state index is -1.22. The Morgan fingerprint density at radius 2 is 1.93 bits per heavy atom. The minimum Gasteiger partial charge on any atom is -0.496 e. The number of methoxy groups -OCH3 is 1. The number of nitrogens with one attached hydrogen (secondary N) is 2. The van der Waals surface area contributed by atoms with Crippen molar-refractivity contribution in [3.63, 3.8) is 0 Å². The predicted octanol–water partition coefficient (Wildman–Crippen LogP) is 0.676. The highest BCUT2D eigenvalue weighted by atomic mass is 79.9. The topological polar surface area (TPSA) is 119 Å². The fourth-order valence-corrected chi connectivity index (χ4v) is 4.56. The van der Waals surface area contributed by atoms with Crippen molar-refractivity contribution < 1.29 is 14.9 Å². The SMILES string of the molecule is COc1ccc(-c2nc(N3CC4(O)CNCC4(O)C3)nc3[nH]cnc23)cc1Br. The molecule has 2 atom stereocenters. The van der Waals surface area contributed by atoms with Gasteiger partial charge in [0.1, 0.15) is 28.2 Å². The second-order valence-corrected chi connectivity index (χ2v) is 8.20. The number of hydrogen-bond donors (Lipinski definition) is 4. The van der Waals surface area contributed by atoms with Gasteiger partial charge in [-0.25, -0.2) is 9.97 Å². The lowest BCUT2D eigenvalue weighted by atomic mass is 9.90. The van der Waals surface area contributed by atoms with E-state index in [1.54, 1.807) is 13.4 Å². The van der Waals surface area contributed by atoms with Gasteiger partial charge in [0.15, 0.2) is 5.65 Å². The summed E-state index contributed by atoms with van der Waals surface area (Å²) in [5, 5.41) is 24.7.